The predicted molar refractivity (Wildman–Crippen MR) is 82.9 cm³/mol. The molecule has 2 aliphatic carbocycles. The Kier molecular flexibility index (Phi) is 4.40. The number of nitrogens with one attached hydrogen (secondary N) is 1. The molecule has 3 heteroatoms. The van der Waals surface area contributed by atoms with Crippen LogP contribution >= 0.6 is 0 Å². The molecule has 2 saturated carbocycles. The summed E-state index contributed by atoms with van der Waals surface area (Å²) in [6.07, 6.45) is 8.10. The van der Waals surface area contributed by atoms with Gasteiger partial charge in [-0.15, -0.1) is 0 Å². The maximum absolute atomic E-state index is 5.77. The van der Waals surface area contributed by atoms with Crippen molar-refractivity contribution in [1.29, 1.82) is 0 Å². The van der Waals surface area contributed by atoms with Crippen LogP contribution in [0.1, 0.15) is 52.4 Å². The summed E-state index contributed by atoms with van der Waals surface area (Å²) in [5, 5.41) is 3.93. The molecular formula is C17H32N2O. The second-order valence-corrected chi connectivity index (χ2v) is 7.65. The van der Waals surface area contributed by atoms with Gasteiger partial charge in [-0.1, -0.05) is 6.42 Å². The SMILES string of the molecule is COC1(CNC2C3CCCC2CN(C(C)C)C3)CCC1. The largest absolute Gasteiger partial charge is 0.377 e. The maximum Gasteiger partial charge on any atom is 0.0802 e. The van der Waals surface area contributed by atoms with Gasteiger partial charge in [0.1, 0.15) is 0 Å². The van der Waals surface area contributed by atoms with E-state index in [1.165, 1.54) is 51.6 Å². The Morgan fingerprint density at radius 2 is 1.80 bits per heavy atom. The smallest absolute Gasteiger partial charge is 0.0802 e. The fourth-order valence-corrected chi connectivity index (χ4v) is 4.56. The summed E-state index contributed by atoms with van der Waals surface area (Å²) >= 11 is 0. The first kappa shape index (κ1) is 14.8. The molecule has 3 rings (SSSR count). The highest BCUT2D eigenvalue weighted by Crippen LogP contribution is 2.38. The van der Waals surface area contributed by atoms with Crippen molar-refractivity contribution in [3.8, 4) is 0 Å². The lowest BCUT2D eigenvalue weighted by Crippen LogP contribution is -2.61. The molecule has 2 unspecified atom stereocenters. The van der Waals surface area contributed by atoms with Crippen LogP contribution in [-0.4, -0.2) is 49.3 Å². The third-order valence-corrected chi connectivity index (χ3v) is 6.19. The predicted octanol–water partition coefficient (Wildman–Crippen LogP) is 2.65. The molecule has 1 N–H and O–H groups in total. The second-order valence-electron chi connectivity index (χ2n) is 7.65. The molecule has 0 aromatic carbocycles. The minimum atomic E-state index is 0.170. The van der Waals surface area contributed by atoms with E-state index in [0.29, 0.717) is 6.04 Å². The minimum Gasteiger partial charge on any atom is -0.377 e. The second kappa shape index (κ2) is 5.94. The lowest BCUT2D eigenvalue weighted by Gasteiger charge is -2.50. The van der Waals surface area contributed by atoms with Crippen molar-refractivity contribution in [1.82, 2.24) is 10.2 Å². The average molecular weight is 280 g/mol. The van der Waals surface area contributed by atoms with Gasteiger partial charge >= 0.3 is 0 Å². The summed E-state index contributed by atoms with van der Waals surface area (Å²) in [6, 6.07) is 1.45. The number of ether oxygens (including phenoxy) is 1. The van der Waals surface area contributed by atoms with E-state index in [-0.39, 0.29) is 5.60 Å². The Labute approximate surface area is 124 Å². The highest BCUT2D eigenvalue weighted by molar-refractivity contribution is 4.99. The van der Waals surface area contributed by atoms with Crippen LogP contribution in [-0.2, 0) is 4.74 Å². The van der Waals surface area contributed by atoms with E-state index >= 15 is 0 Å². The molecule has 116 valence electrons. The number of methoxy groups -OCH3 is 1. The van der Waals surface area contributed by atoms with Crippen molar-refractivity contribution in [2.75, 3.05) is 26.7 Å². The number of nitrogens with zero attached hydrogens (tertiary/aromatic N) is 1. The topological polar surface area (TPSA) is 24.5 Å². The zero-order valence-corrected chi connectivity index (χ0v) is 13.5. The van der Waals surface area contributed by atoms with Crippen LogP contribution in [0, 0.1) is 11.8 Å². The fourth-order valence-electron chi connectivity index (χ4n) is 4.56. The van der Waals surface area contributed by atoms with Crippen molar-refractivity contribution < 1.29 is 4.74 Å². The molecule has 20 heavy (non-hydrogen) atoms. The van der Waals surface area contributed by atoms with Gasteiger partial charge in [0.25, 0.3) is 0 Å². The first-order valence-corrected chi connectivity index (χ1v) is 8.66. The van der Waals surface area contributed by atoms with Crippen molar-refractivity contribution in [3.63, 3.8) is 0 Å². The van der Waals surface area contributed by atoms with Gasteiger partial charge in [0, 0.05) is 38.8 Å². The van der Waals surface area contributed by atoms with E-state index in [1.807, 2.05) is 7.11 Å². The number of hydrogen-bond donors (Lipinski definition) is 1. The monoisotopic (exact) mass is 280 g/mol. The van der Waals surface area contributed by atoms with E-state index in [2.05, 4.69) is 24.1 Å². The number of likely N-dealkylation sites (tertiary alicyclic amines) is 1. The zero-order valence-electron chi connectivity index (χ0n) is 13.5. The first-order valence-electron chi connectivity index (χ1n) is 8.66. The number of rotatable bonds is 5. The van der Waals surface area contributed by atoms with E-state index in [4.69, 9.17) is 4.74 Å². The third-order valence-electron chi connectivity index (χ3n) is 6.19. The molecule has 0 spiro atoms. The van der Waals surface area contributed by atoms with Gasteiger partial charge in [0.15, 0.2) is 0 Å². The van der Waals surface area contributed by atoms with Crippen LogP contribution < -0.4 is 5.32 Å². The van der Waals surface area contributed by atoms with E-state index in [9.17, 15) is 0 Å². The highest BCUT2D eigenvalue weighted by Gasteiger charge is 2.42. The van der Waals surface area contributed by atoms with Gasteiger partial charge in [-0.25, -0.2) is 0 Å². The average Bonchev–Trinajstić information content (AvgIpc) is 2.37. The molecule has 0 amide bonds. The molecule has 3 aliphatic rings. The summed E-state index contributed by atoms with van der Waals surface area (Å²) in [5.74, 6) is 1.72. The standard InChI is InChI=1S/C17H32N2O/c1-13(2)19-10-14-6-4-7-15(11-19)16(14)18-12-17(20-3)8-5-9-17/h13-16,18H,4-12H2,1-3H3. The van der Waals surface area contributed by atoms with Crippen LogP contribution in [0.3, 0.4) is 0 Å². The Bertz CT molecular complexity index is 307. The molecule has 3 fully saturated rings. The van der Waals surface area contributed by atoms with E-state index in [0.717, 1.165) is 24.4 Å². The number of piperidine rings is 1. The summed E-state index contributed by atoms with van der Waals surface area (Å²) in [7, 11) is 1.89. The molecular weight excluding hydrogens is 248 g/mol. The fraction of sp³-hybridized carbons (Fsp3) is 1.00. The van der Waals surface area contributed by atoms with Gasteiger partial charge in [-0.3, -0.25) is 0 Å². The van der Waals surface area contributed by atoms with Crippen LogP contribution in [0.15, 0.2) is 0 Å². The normalized spacial score (nSPS) is 36.9. The van der Waals surface area contributed by atoms with Crippen molar-refractivity contribution in [3.05, 3.63) is 0 Å². The van der Waals surface area contributed by atoms with Crippen LogP contribution in [0.4, 0.5) is 0 Å². The number of fused-ring (bicyclic) bond motifs is 2. The van der Waals surface area contributed by atoms with Crippen LogP contribution in [0.2, 0.25) is 0 Å². The third kappa shape index (κ3) is 2.77. The van der Waals surface area contributed by atoms with Gasteiger partial charge in [0.2, 0.25) is 0 Å². The summed E-state index contributed by atoms with van der Waals surface area (Å²) in [4.78, 5) is 2.70. The lowest BCUT2D eigenvalue weighted by molar-refractivity contribution is -0.0773. The van der Waals surface area contributed by atoms with Crippen LogP contribution in [0.5, 0.6) is 0 Å². The van der Waals surface area contributed by atoms with Crippen molar-refractivity contribution in [2.45, 2.75) is 70.1 Å². The Morgan fingerprint density at radius 3 is 2.25 bits per heavy atom. The quantitative estimate of drug-likeness (QED) is 0.838. The highest BCUT2D eigenvalue weighted by atomic mass is 16.5. The Hall–Kier alpha value is -0.120. The van der Waals surface area contributed by atoms with Crippen molar-refractivity contribution >= 4 is 0 Å². The molecule has 3 nitrogen and oxygen atoms in total. The Morgan fingerprint density at radius 1 is 1.15 bits per heavy atom. The first-order chi connectivity index (χ1) is 9.63. The van der Waals surface area contributed by atoms with E-state index < -0.39 is 0 Å². The lowest BCUT2D eigenvalue weighted by atomic mass is 9.72. The summed E-state index contributed by atoms with van der Waals surface area (Å²) < 4.78 is 5.77. The molecule has 0 radical (unpaired) electrons. The van der Waals surface area contributed by atoms with Gasteiger partial charge < -0.3 is 15.0 Å². The minimum absolute atomic E-state index is 0.170. The van der Waals surface area contributed by atoms with Crippen LogP contribution in [0.25, 0.3) is 0 Å². The Balaban J connectivity index is 1.59. The molecule has 2 atom stereocenters. The van der Waals surface area contributed by atoms with Gasteiger partial charge in [-0.05, 0) is 57.8 Å². The number of hydrogen-bond acceptors (Lipinski definition) is 3. The maximum atomic E-state index is 5.77. The molecule has 1 aliphatic heterocycles. The van der Waals surface area contributed by atoms with Gasteiger partial charge in [0.05, 0.1) is 5.60 Å². The molecule has 0 aromatic heterocycles. The summed E-state index contributed by atoms with van der Waals surface area (Å²) in [6.45, 7) is 8.36. The molecule has 1 saturated heterocycles. The van der Waals surface area contributed by atoms with Crippen molar-refractivity contribution in [2.24, 2.45) is 11.8 Å². The van der Waals surface area contributed by atoms with Gasteiger partial charge in [-0.2, -0.15) is 0 Å². The molecule has 2 bridgehead atoms. The summed E-state index contributed by atoms with van der Waals surface area (Å²) in [5.41, 5.74) is 0.170. The molecule has 1 heterocycles. The van der Waals surface area contributed by atoms with E-state index in [1.54, 1.807) is 0 Å². The zero-order chi connectivity index (χ0) is 14.2. The molecule has 0 aromatic rings.